The molecule has 0 atom stereocenters. The van der Waals surface area contributed by atoms with Gasteiger partial charge in [0, 0.05) is 14.2 Å². The maximum Gasteiger partial charge on any atom is 0.356 e. The Morgan fingerprint density at radius 1 is 1.25 bits per heavy atom. The minimum atomic E-state index is -0.441. The molecule has 0 heterocycles. The van der Waals surface area contributed by atoms with E-state index >= 15 is 0 Å². The molecule has 0 aliphatic heterocycles. The van der Waals surface area contributed by atoms with E-state index in [0.717, 1.165) is 0 Å². The number of nitrogens with one attached hydrogen (secondary N) is 1. The molecule has 0 aliphatic carbocycles. The molecule has 1 N–H and O–H groups in total. The fraction of sp³-hybridized carbons (Fsp3) is 0.364. The molecule has 0 aromatic heterocycles. The number of carbonyl (C=O) groups excluding carboxylic acids is 1. The molecular weight excluding hydrogens is 210 g/mol. The monoisotopic (exact) mass is 225 g/mol. The zero-order chi connectivity index (χ0) is 11.8. The van der Waals surface area contributed by atoms with Gasteiger partial charge in [-0.1, -0.05) is 18.2 Å². The van der Waals surface area contributed by atoms with E-state index in [1.165, 1.54) is 14.2 Å². The van der Waals surface area contributed by atoms with Gasteiger partial charge in [-0.3, -0.25) is 0 Å². The molecule has 16 heavy (non-hydrogen) atoms. The maximum atomic E-state index is 11.4. The Labute approximate surface area is 94.3 Å². The lowest BCUT2D eigenvalue weighted by Gasteiger charge is -2.13. The number of hydrogen-bond donors (Lipinski definition) is 1. The highest BCUT2D eigenvalue weighted by molar-refractivity contribution is 5.89. The van der Waals surface area contributed by atoms with Crippen molar-refractivity contribution in [2.24, 2.45) is 0 Å². The Hall–Kier alpha value is -1.43. The van der Waals surface area contributed by atoms with Gasteiger partial charge in [-0.2, -0.15) is 0 Å². The molecule has 0 saturated carbocycles. The van der Waals surface area contributed by atoms with Crippen molar-refractivity contribution in [1.82, 2.24) is 5.48 Å². The van der Waals surface area contributed by atoms with Crippen molar-refractivity contribution < 1.29 is 19.1 Å². The first-order valence-corrected chi connectivity index (χ1v) is 4.82. The van der Waals surface area contributed by atoms with E-state index in [0.29, 0.717) is 5.56 Å². The number of hydrogen-bond acceptors (Lipinski definition) is 5. The Morgan fingerprint density at radius 3 is 2.44 bits per heavy atom. The van der Waals surface area contributed by atoms with Gasteiger partial charge in [0.05, 0.1) is 12.1 Å². The number of benzene rings is 1. The maximum absolute atomic E-state index is 11.4. The normalized spacial score (nSPS) is 10.4. The highest BCUT2D eigenvalue weighted by Crippen LogP contribution is 1.99. The van der Waals surface area contributed by atoms with Gasteiger partial charge in [-0.05, 0) is 12.1 Å². The molecule has 0 unspecified atom stereocenters. The van der Waals surface area contributed by atoms with Crippen LogP contribution in [0.2, 0.25) is 0 Å². The minimum absolute atomic E-state index is 0.269. The lowest BCUT2D eigenvalue weighted by Crippen LogP contribution is -2.31. The van der Waals surface area contributed by atoms with Gasteiger partial charge in [0.25, 0.3) is 0 Å². The summed E-state index contributed by atoms with van der Waals surface area (Å²) in [5, 5.41) is 0. The Balaban J connectivity index is 2.31. The van der Waals surface area contributed by atoms with E-state index in [9.17, 15) is 4.79 Å². The third-order valence-corrected chi connectivity index (χ3v) is 1.95. The van der Waals surface area contributed by atoms with Crippen molar-refractivity contribution in [3.63, 3.8) is 0 Å². The molecule has 0 saturated heterocycles. The predicted molar refractivity (Wildman–Crippen MR) is 57.7 cm³/mol. The second-order valence-corrected chi connectivity index (χ2v) is 3.00. The van der Waals surface area contributed by atoms with Crippen LogP contribution >= 0.6 is 0 Å². The van der Waals surface area contributed by atoms with E-state index in [2.05, 4.69) is 5.48 Å². The smallest absolute Gasteiger partial charge is 0.356 e. The standard InChI is InChI=1S/C11H15NO4/c1-14-10(15-2)8-12-16-11(13)9-6-4-3-5-7-9/h3-7,10,12H,8H2,1-2H3. The van der Waals surface area contributed by atoms with Crippen molar-refractivity contribution in [2.75, 3.05) is 20.8 Å². The van der Waals surface area contributed by atoms with Gasteiger partial charge < -0.3 is 14.3 Å². The first kappa shape index (κ1) is 12.6. The van der Waals surface area contributed by atoms with Crippen LogP contribution in [0, 0.1) is 0 Å². The average Bonchev–Trinajstić information content (AvgIpc) is 2.35. The molecule has 0 amide bonds. The SMILES string of the molecule is COC(CNOC(=O)c1ccccc1)OC. The fourth-order valence-corrected chi connectivity index (χ4v) is 1.07. The van der Waals surface area contributed by atoms with Crippen molar-refractivity contribution in [3.8, 4) is 0 Å². The van der Waals surface area contributed by atoms with Gasteiger partial charge in [0.15, 0.2) is 6.29 Å². The molecule has 88 valence electrons. The van der Waals surface area contributed by atoms with Gasteiger partial charge in [0.2, 0.25) is 0 Å². The minimum Gasteiger partial charge on any atom is -0.367 e. The molecule has 1 aromatic carbocycles. The summed E-state index contributed by atoms with van der Waals surface area (Å²) < 4.78 is 9.82. The summed E-state index contributed by atoms with van der Waals surface area (Å²) in [5.74, 6) is -0.438. The quantitative estimate of drug-likeness (QED) is 0.577. The van der Waals surface area contributed by atoms with Crippen LogP contribution in [-0.4, -0.2) is 33.0 Å². The molecule has 1 aromatic rings. The van der Waals surface area contributed by atoms with E-state index in [4.69, 9.17) is 14.3 Å². The van der Waals surface area contributed by atoms with Crippen molar-refractivity contribution in [3.05, 3.63) is 35.9 Å². The third-order valence-electron chi connectivity index (χ3n) is 1.95. The Morgan fingerprint density at radius 2 is 1.88 bits per heavy atom. The van der Waals surface area contributed by atoms with Crippen molar-refractivity contribution >= 4 is 5.97 Å². The van der Waals surface area contributed by atoms with Gasteiger partial charge in [0.1, 0.15) is 0 Å². The Bertz CT molecular complexity index is 311. The number of ether oxygens (including phenoxy) is 2. The van der Waals surface area contributed by atoms with Crippen LogP contribution in [0.25, 0.3) is 0 Å². The summed E-state index contributed by atoms with van der Waals surface area (Å²) >= 11 is 0. The van der Waals surface area contributed by atoms with E-state index < -0.39 is 12.3 Å². The number of rotatable bonds is 6. The van der Waals surface area contributed by atoms with Crippen molar-refractivity contribution in [2.45, 2.75) is 6.29 Å². The van der Waals surface area contributed by atoms with Crippen LogP contribution in [-0.2, 0) is 14.3 Å². The summed E-state index contributed by atoms with van der Waals surface area (Å²) in [7, 11) is 3.02. The van der Waals surface area contributed by atoms with E-state index in [-0.39, 0.29) is 6.54 Å². The molecule has 0 spiro atoms. The second-order valence-electron chi connectivity index (χ2n) is 3.00. The first-order valence-electron chi connectivity index (χ1n) is 4.82. The molecular formula is C11H15NO4. The van der Waals surface area contributed by atoms with Crippen LogP contribution in [0.5, 0.6) is 0 Å². The Kier molecular flexibility index (Phi) is 5.49. The van der Waals surface area contributed by atoms with Crippen LogP contribution in [0.4, 0.5) is 0 Å². The van der Waals surface area contributed by atoms with Crippen LogP contribution in [0.1, 0.15) is 10.4 Å². The largest absolute Gasteiger partial charge is 0.367 e. The predicted octanol–water partition coefficient (Wildman–Crippen LogP) is 0.967. The topological polar surface area (TPSA) is 56.8 Å². The van der Waals surface area contributed by atoms with Crippen LogP contribution < -0.4 is 5.48 Å². The van der Waals surface area contributed by atoms with E-state index in [1.807, 2.05) is 6.07 Å². The zero-order valence-corrected chi connectivity index (χ0v) is 9.30. The summed E-state index contributed by atoms with van der Waals surface area (Å²) in [6.07, 6.45) is -0.441. The zero-order valence-electron chi connectivity index (χ0n) is 9.30. The highest BCUT2D eigenvalue weighted by Gasteiger charge is 2.08. The molecule has 0 radical (unpaired) electrons. The molecule has 0 bridgehead atoms. The van der Waals surface area contributed by atoms with Gasteiger partial charge in [-0.15, -0.1) is 5.48 Å². The van der Waals surface area contributed by atoms with Crippen molar-refractivity contribution in [1.29, 1.82) is 0 Å². The molecule has 1 rings (SSSR count). The number of methoxy groups -OCH3 is 2. The van der Waals surface area contributed by atoms with Gasteiger partial charge in [-0.25, -0.2) is 4.79 Å². The van der Waals surface area contributed by atoms with Crippen LogP contribution in [0.3, 0.4) is 0 Å². The number of hydroxylamine groups is 1. The highest BCUT2D eigenvalue weighted by atomic mass is 16.7. The first-order chi connectivity index (χ1) is 7.77. The lowest BCUT2D eigenvalue weighted by molar-refractivity contribution is -0.114. The molecule has 0 aliphatic rings. The second kappa shape index (κ2) is 6.95. The van der Waals surface area contributed by atoms with Crippen LogP contribution in [0.15, 0.2) is 30.3 Å². The molecule has 0 fully saturated rings. The summed E-state index contributed by atoms with van der Waals surface area (Å²) in [5.41, 5.74) is 2.97. The summed E-state index contributed by atoms with van der Waals surface area (Å²) in [4.78, 5) is 16.2. The summed E-state index contributed by atoms with van der Waals surface area (Å²) in [6, 6.07) is 8.71. The summed E-state index contributed by atoms with van der Waals surface area (Å²) in [6.45, 7) is 0.269. The molecule has 5 heteroatoms. The number of carbonyl (C=O) groups is 1. The third kappa shape index (κ3) is 3.98. The lowest BCUT2D eigenvalue weighted by atomic mass is 10.2. The van der Waals surface area contributed by atoms with Gasteiger partial charge >= 0.3 is 5.97 Å². The fourth-order valence-electron chi connectivity index (χ4n) is 1.07. The molecule has 5 nitrogen and oxygen atoms in total. The van der Waals surface area contributed by atoms with E-state index in [1.54, 1.807) is 24.3 Å². The average molecular weight is 225 g/mol.